The highest BCUT2D eigenvalue weighted by Crippen LogP contribution is 1.98. The second-order valence-electron chi connectivity index (χ2n) is 3.69. The molecule has 0 saturated carbocycles. The number of aliphatic hydroxyl groups is 1. The van der Waals surface area contributed by atoms with Crippen LogP contribution in [0.2, 0.25) is 0 Å². The maximum atomic E-state index is 10.3. The molecule has 0 spiro atoms. The van der Waals surface area contributed by atoms with Crippen LogP contribution in [0.4, 0.5) is 0 Å². The van der Waals surface area contributed by atoms with Crippen LogP contribution in [0, 0.1) is 0 Å². The number of rotatable bonds is 5. The summed E-state index contributed by atoms with van der Waals surface area (Å²) < 4.78 is 7.25. The molecule has 4 nitrogen and oxygen atoms in total. The Morgan fingerprint density at radius 1 is 1.64 bits per heavy atom. The number of quaternary nitrogens is 1. The van der Waals surface area contributed by atoms with E-state index in [2.05, 4.69) is 5.11 Å². The minimum absolute atomic E-state index is 0.112. The van der Waals surface area contributed by atoms with E-state index in [0.29, 0.717) is 11.0 Å². The van der Waals surface area contributed by atoms with E-state index in [1.807, 2.05) is 21.1 Å². The minimum Gasteiger partial charge on any atom is -0.481 e. The fourth-order valence-electron chi connectivity index (χ4n) is 0.870. The normalized spacial score (nSPS) is 15.7. The predicted octanol–water partition coefficient (Wildman–Crippen LogP) is -0.472. The first-order valence-corrected chi connectivity index (χ1v) is 3.49. The van der Waals surface area contributed by atoms with E-state index >= 15 is 0 Å². The summed E-state index contributed by atoms with van der Waals surface area (Å²) in [6.45, 7) is 0.524. The van der Waals surface area contributed by atoms with E-state index in [4.69, 9.17) is 6.54 Å². The van der Waals surface area contributed by atoms with Gasteiger partial charge in [-0.3, -0.25) is 4.79 Å². The van der Waals surface area contributed by atoms with Crippen LogP contribution in [0.25, 0.3) is 0 Å². The maximum Gasteiger partial charge on any atom is 0.306 e. The van der Waals surface area contributed by atoms with Crippen molar-refractivity contribution in [3.63, 3.8) is 0 Å². The Bertz CT molecular complexity index is 155. The van der Waals surface area contributed by atoms with E-state index in [1.165, 1.54) is 0 Å². The Morgan fingerprint density at radius 2 is 2.18 bits per heavy atom. The third-order valence-electron chi connectivity index (χ3n) is 1.15. The number of aliphatic carboxylic acids is 1. The van der Waals surface area contributed by atoms with E-state index in [1.54, 1.807) is 0 Å². The van der Waals surface area contributed by atoms with Gasteiger partial charge in [0.15, 0.2) is 0 Å². The third-order valence-corrected chi connectivity index (χ3v) is 1.15. The molecule has 0 rings (SSSR count). The van der Waals surface area contributed by atoms with Crippen LogP contribution in [-0.2, 0) is 4.79 Å². The van der Waals surface area contributed by atoms with Crippen LogP contribution >= 0.6 is 0 Å². The summed E-state index contributed by atoms with van der Waals surface area (Å²) in [5.41, 5.74) is 0. The first-order chi connectivity index (χ1) is 5.35. The smallest absolute Gasteiger partial charge is 0.306 e. The quantitative estimate of drug-likeness (QED) is 0.539. The molecule has 0 aromatic rings. The van der Waals surface area contributed by atoms with E-state index < -0.39 is 12.1 Å². The third kappa shape index (κ3) is 7.29. The van der Waals surface area contributed by atoms with Crippen molar-refractivity contribution >= 4 is 5.97 Å². The fraction of sp³-hybridized carbons (Fsp3) is 0.857. The monoisotopic (exact) mass is 163 g/mol. The van der Waals surface area contributed by atoms with E-state index in [0.717, 1.165) is 0 Å². The number of likely N-dealkylation sites (N-methyl/N-ethyl adjacent to an activating group) is 1. The van der Waals surface area contributed by atoms with Crippen LogP contribution in [0.3, 0.4) is 0 Å². The van der Waals surface area contributed by atoms with Gasteiger partial charge in [-0.05, 0) is 0 Å². The molecule has 0 amide bonds. The Balaban J connectivity index is 3.92. The summed E-state index contributed by atoms with van der Waals surface area (Å²) in [5.74, 6) is -0.930. The van der Waals surface area contributed by atoms with Gasteiger partial charge in [0, 0.05) is 0 Å². The average molecular weight is 163 g/mol. The first kappa shape index (κ1) is 8.49. The second-order valence-corrected chi connectivity index (χ2v) is 3.69. The van der Waals surface area contributed by atoms with Crippen molar-refractivity contribution in [2.45, 2.75) is 12.5 Å². The highest BCUT2D eigenvalue weighted by atomic mass is 16.4. The molecular weight excluding hydrogens is 146 g/mol. The number of hydrogen-bond donors (Lipinski definition) is 2. The van der Waals surface area contributed by atoms with Crippen molar-refractivity contribution in [3.05, 3.63) is 0 Å². The van der Waals surface area contributed by atoms with Crippen molar-refractivity contribution in [1.29, 1.82) is 1.43 Å². The lowest BCUT2D eigenvalue weighted by Gasteiger charge is -2.25. The molecule has 0 unspecified atom stereocenters. The summed E-state index contributed by atoms with van der Waals surface area (Å²) in [4.78, 5) is 10.3. The molecule has 2 N–H and O–H groups in total. The van der Waals surface area contributed by atoms with Crippen LogP contribution in [-0.4, -0.2) is 55.9 Å². The zero-order valence-corrected chi connectivity index (χ0v) is 7.20. The first-order valence-electron chi connectivity index (χ1n) is 3.90. The SMILES string of the molecule is [2H]O[C@H](CC(=O)O)C[N+](C)(C)C. The molecule has 0 aromatic carbocycles. The van der Waals surface area contributed by atoms with E-state index in [9.17, 15) is 4.79 Å². The zero-order chi connectivity index (χ0) is 9.78. The molecule has 0 aliphatic rings. The molecule has 0 aliphatic heterocycles. The predicted molar refractivity (Wildman–Crippen MR) is 41.2 cm³/mol. The zero-order valence-electron chi connectivity index (χ0n) is 8.20. The summed E-state index contributed by atoms with van der Waals surface area (Å²) >= 11 is 0. The molecule has 0 fully saturated rings. The highest BCUT2D eigenvalue weighted by Gasteiger charge is 2.17. The van der Waals surface area contributed by atoms with Crippen molar-refractivity contribution in [3.8, 4) is 0 Å². The number of carbonyl (C=O) groups is 1. The summed E-state index contributed by atoms with van der Waals surface area (Å²) in [5, 5.41) is 12.7. The van der Waals surface area contributed by atoms with Gasteiger partial charge in [0.05, 0.1) is 27.6 Å². The molecule has 0 aromatic heterocycles. The van der Waals surface area contributed by atoms with Gasteiger partial charge in [0.25, 0.3) is 0 Å². The molecule has 0 aliphatic carbocycles. The molecule has 0 heterocycles. The number of aliphatic hydroxyl groups excluding tert-OH is 1. The number of carboxylic acid groups (broad SMARTS) is 1. The standard InChI is InChI=1S/C7H15NO3/c1-8(2,3)5-6(9)4-7(10)11/h6,9H,4-5H2,1-3H3/p+1/t6-/m1/s1/i9D. The van der Waals surface area contributed by atoms with Gasteiger partial charge in [-0.1, -0.05) is 0 Å². The molecule has 0 saturated heterocycles. The molecule has 0 radical (unpaired) electrons. The highest BCUT2D eigenvalue weighted by molar-refractivity contribution is 5.67. The van der Waals surface area contributed by atoms with E-state index in [-0.39, 0.29) is 6.42 Å². The van der Waals surface area contributed by atoms with Crippen LogP contribution in [0.15, 0.2) is 0 Å². The van der Waals surface area contributed by atoms with Crippen molar-refractivity contribution < 1.29 is 19.5 Å². The maximum absolute atomic E-state index is 10.3. The Labute approximate surface area is 68.1 Å². The van der Waals surface area contributed by atoms with Gasteiger partial charge in [0.2, 0.25) is 1.43 Å². The Kier molecular flexibility index (Phi) is 2.84. The van der Waals surface area contributed by atoms with Crippen LogP contribution in [0.1, 0.15) is 6.42 Å². The van der Waals surface area contributed by atoms with Gasteiger partial charge >= 0.3 is 5.97 Å². The summed E-state index contributed by atoms with van der Waals surface area (Å²) in [6, 6.07) is 0. The second kappa shape index (κ2) is 3.69. The van der Waals surface area contributed by atoms with Crippen molar-refractivity contribution in [2.75, 3.05) is 27.7 Å². The summed E-state index contributed by atoms with van der Waals surface area (Å²) in [6.07, 6.45) is -0.638. The lowest BCUT2D eigenvalue weighted by atomic mass is 10.2. The fourth-order valence-corrected chi connectivity index (χ4v) is 0.870. The van der Waals surface area contributed by atoms with Gasteiger partial charge < -0.3 is 14.7 Å². The summed E-state index contributed by atoms with van der Waals surface area (Å²) in [7, 11) is 5.77. The van der Waals surface area contributed by atoms with Gasteiger partial charge in [-0.2, -0.15) is 0 Å². The number of carboxylic acids is 1. The van der Waals surface area contributed by atoms with Gasteiger partial charge in [-0.25, -0.2) is 0 Å². The molecular formula is C7H16NO3+. The molecule has 4 heteroatoms. The van der Waals surface area contributed by atoms with Crippen LogP contribution < -0.4 is 0 Å². The minimum atomic E-state index is -0.930. The van der Waals surface area contributed by atoms with Gasteiger partial charge in [0.1, 0.15) is 12.6 Å². The molecule has 66 valence electrons. The van der Waals surface area contributed by atoms with Crippen LogP contribution in [0.5, 0.6) is 0 Å². The van der Waals surface area contributed by atoms with Crippen molar-refractivity contribution in [1.82, 2.24) is 0 Å². The molecule has 0 bridgehead atoms. The lowest BCUT2D eigenvalue weighted by Crippen LogP contribution is -2.42. The molecule has 11 heavy (non-hydrogen) atoms. The molecule has 1 atom stereocenters. The number of hydrogen-bond acceptors (Lipinski definition) is 2. The number of nitrogens with zero attached hydrogens (tertiary/aromatic N) is 1. The Hall–Kier alpha value is -0.610. The van der Waals surface area contributed by atoms with Crippen molar-refractivity contribution in [2.24, 2.45) is 0 Å². The largest absolute Gasteiger partial charge is 0.481 e. The Morgan fingerprint density at radius 3 is 2.45 bits per heavy atom. The van der Waals surface area contributed by atoms with Gasteiger partial charge in [-0.15, -0.1) is 0 Å². The lowest BCUT2D eigenvalue weighted by molar-refractivity contribution is -0.873. The average Bonchev–Trinajstić information content (AvgIpc) is 1.82. The topological polar surface area (TPSA) is 57.5 Å².